The molecule has 0 saturated heterocycles. The zero-order chi connectivity index (χ0) is 5.54. The standard InChI is InChI=1S/C4H5N2O/c1-2-6-7-4-3-5/h2H,1,4H2/b6-2-. The van der Waals surface area contributed by atoms with E-state index < -0.39 is 0 Å². The fraction of sp³-hybridized carbons (Fsp3) is 0.250. The van der Waals surface area contributed by atoms with Crippen molar-refractivity contribution in [3.63, 3.8) is 0 Å². The summed E-state index contributed by atoms with van der Waals surface area (Å²) in [6.07, 6.45) is 1.23. The molecule has 0 unspecified atom stereocenters. The number of nitriles is 1. The van der Waals surface area contributed by atoms with Gasteiger partial charge in [0.2, 0.25) is 6.61 Å². The van der Waals surface area contributed by atoms with Crippen LogP contribution in [0.2, 0.25) is 0 Å². The minimum Gasteiger partial charge on any atom is -0.381 e. The van der Waals surface area contributed by atoms with E-state index in [4.69, 9.17) is 5.26 Å². The summed E-state index contributed by atoms with van der Waals surface area (Å²) < 4.78 is 0. The third-order valence-corrected chi connectivity index (χ3v) is 0.278. The van der Waals surface area contributed by atoms with Gasteiger partial charge in [-0.2, -0.15) is 5.26 Å². The van der Waals surface area contributed by atoms with Crippen LogP contribution >= 0.6 is 0 Å². The maximum atomic E-state index is 7.82. The summed E-state index contributed by atoms with van der Waals surface area (Å²) >= 11 is 0. The lowest BCUT2D eigenvalue weighted by atomic mass is 10.8. The van der Waals surface area contributed by atoms with Gasteiger partial charge in [-0.25, -0.2) is 0 Å². The van der Waals surface area contributed by atoms with Crippen molar-refractivity contribution in [2.45, 2.75) is 0 Å². The van der Waals surface area contributed by atoms with Crippen molar-refractivity contribution in [2.75, 3.05) is 6.61 Å². The Labute approximate surface area is 42.2 Å². The molecule has 0 aliphatic heterocycles. The summed E-state index contributed by atoms with van der Waals surface area (Å²) in [5.41, 5.74) is 0. The molecule has 1 radical (unpaired) electrons. The molecule has 0 fully saturated rings. The molecular formula is C4H5N2O. The van der Waals surface area contributed by atoms with Crippen LogP contribution in [0.25, 0.3) is 0 Å². The van der Waals surface area contributed by atoms with Crippen LogP contribution in [0.1, 0.15) is 0 Å². The number of rotatable bonds is 2. The maximum absolute atomic E-state index is 7.82. The molecule has 0 bridgehead atoms. The molecule has 0 aromatic rings. The molecule has 0 rings (SSSR count). The van der Waals surface area contributed by atoms with Gasteiger partial charge in [0.15, 0.2) is 0 Å². The number of nitrogens with zero attached hydrogens (tertiary/aromatic N) is 2. The number of hydrogen-bond donors (Lipinski definition) is 0. The molecule has 0 N–H and O–H groups in total. The summed E-state index contributed by atoms with van der Waals surface area (Å²) in [4.78, 5) is 4.28. The zero-order valence-corrected chi connectivity index (χ0v) is 3.79. The van der Waals surface area contributed by atoms with Gasteiger partial charge in [0.05, 0.1) is 0 Å². The summed E-state index contributed by atoms with van der Waals surface area (Å²) in [5, 5.41) is 11.0. The lowest BCUT2D eigenvalue weighted by Gasteiger charge is -1.82. The quantitative estimate of drug-likeness (QED) is 0.283. The molecule has 0 aromatic heterocycles. The molecule has 0 aliphatic carbocycles. The van der Waals surface area contributed by atoms with E-state index >= 15 is 0 Å². The van der Waals surface area contributed by atoms with E-state index in [1.165, 1.54) is 6.21 Å². The smallest absolute Gasteiger partial charge is 0.202 e. The molecule has 0 aliphatic rings. The Morgan fingerprint density at radius 2 is 2.71 bits per heavy atom. The van der Waals surface area contributed by atoms with E-state index in [1.807, 2.05) is 0 Å². The summed E-state index contributed by atoms with van der Waals surface area (Å²) in [7, 11) is 0. The van der Waals surface area contributed by atoms with Gasteiger partial charge in [-0.05, 0) is 6.92 Å². The van der Waals surface area contributed by atoms with E-state index in [0.717, 1.165) is 0 Å². The zero-order valence-electron chi connectivity index (χ0n) is 3.79. The molecule has 0 atom stereocenters. The van der Waals surface area contributed by atoms with Crippen LogP contribution in [0.3, 0.4) is 0 Å². The van der Waals surface area contributed by atoms with E-state index in [2.05, 4.69) is 16.9 Å². The molecule has 0 spiro atoms. The van der Waals surface area contributed by atoms with Crippen LogP contribution in [0, 0.1) is 18.3 Å². The maximum Gasteiger partial charge on any atom is 0.202 e. The summed E-state index contributed by atoms with van der Waals surface area (Å²) in [6, 6.07) is 1.74. The molecule has 37 valence electrons. The predicted octanol–water partition coefficient (Wildman–Crippen LogP) is 0.346. The molecule has 3 heteroatoms. The second kappa shape index (κ2) is 4.96. The number of oxime groups is 1. The fourth-order valence-corrected chi connectivity index (χ4v) is 0.119. The molecule has 0 saturated carbocycles. The van der Waals surface area contributed by atoms with Crippen LogP contribution in [0.15, 0.2) is 5.16 Å². The van der Waals surface area contributed by atoms with E-state index in [-0.39, 0.29) is 6.61 Å². The van der Waals surface area contributed by atoms with Crippen LogP contribution in [-0.4, -0.2) is 12.8 Å². The molecule has 0 aromatic carbocycles. The average molecular weight is 97.1 g/mol. The second-order valence-corrected chi connectivity index (χ2v) is 0.720. The SMILES string of the molecule is [CH2]/C=N\OCC#N. The Morgan fingerprint density at radius 1 is 2.00 bits per heavy atom. The Bertz CT molecular complexity index is 92.4. The van der Waals surface area contributed by atoms with Crippen LogP contribution in [0.4, 0.5) is 0 Å². The molecule has 0 amide bonds. The van der Waals surface area contributed by atoms with Gasteiger partial charge in [0, 0.05) is 6.21 Å². The molecule has 3 nitrogen and oxygen atoms in total. The monoisotopic (exact) mass is 97.0 g/mol. The van der Waals surface area contributed by atoms with Gasteiger partial charge in [0.25, 0.3) is 0 Å². The normalized spacial score (nSPS) is 8.57. The van der Waals surface area contributed by atoms with Crippen LogP contribution < -0.4 is 0 Å². The van der Waals surface area contributed by atoms with Gasteiger partial charge in [-0.15, -0.1) is 0 Å². The Morgan fingerprint density at radius 3 is 3.14 bits per heavy atom. The van der Waals surface area contributed by atoms with Crippen molar-refractivity contribution in [3.8, 4) is 6.07 Å². The lowest BCUT2D eigenvalue weighted by Crippen LogP contribution is -1.79. The van der Waals surface area contributed by atoms with Gasteiger partial charge >= 0.3 is 0 Å². The Hall–Kier alpha value is -1.04. The largest absolute Gasteiger partial charge is 0.381 e. The minimum absolute atomic E-state index is 0.00792. The van der Waals surface area contributed by atoms with Crippen LogP contribution in [0.5, 0.6) is 0 Å². The Balaban J connectivity index is 2.87. The van der Waals surface area contributed by atoms with Crippen molar-refractivity contribution < 1.29 is 4.84 Å². The van der Waals surface area contributed by atoms with Gasteiger partial charge in [-0.1, -0.05) is 5.16 Å². The van der Waals surface area contributed by atoms with E-state index in [0.29, 0.717) is 0 Å². The van der Waals surface area contributed by atoms with Gasteiger partial charge in [0.1, 0.15) is 6.07 Å². The molecule has 0 heterocycles. The number of hydrogen-bond acceptors (Lipinski definition) is 3. The second-order valence-electron chi connectivity index (χ2n) is 0.720. The summed E-state index contributed by atoms with van der Waals surface area (Å²) in [5.74, 6) is 0. The average Bonchev–Trinajstić information content (AvgIpc) is 1.69. The Kier molecular flexibility index (Phi) is 4.22. The molecular weight excluding hydrogens is 92.1 g/mol. The van der Waals surface area contributed by atoms with E-state index in [9.17, 15) is 0 Å². The topological polar surface area (TPSA) is 45.4 Å². The van der Waals surface area contributed by atoms with Crippen molar-refractivity contribution in [3.05, 3.63) is 6.92 Å². The van der Waals surface area contributed by atoms with Crippen molar-refractivity contribution in [1.82, 2.24) is 0 Å². The fourth-order valence-electron chi connectivity index (χ4n) is 0.119. The van der Waals surface area contributed by atoms with Crippen LogP contribution in [-0.2, 0) is 4.84 Å². The highest BCUT2D eigenvalue weighted by Crippen LogP contribution is 1.67. The molecule has 7 heavy (non-hydrogen) atoms. The summed E-state index contributed by atoms with van der Waals surface area (Å²) in [6.45, 7) is 3.22. The highest BCUT2D eigenvalue weighted by atomic mass is 16.6. The third-order valence-electron chi connectivity index (χ3n) is 0.278. The minimum atomic E-state index is -0.00792. The van der Waals surface area contributed by atoms with E-state index in [1.54, 1.807) is 6.07 Å². The van der Waals surface area contributed by atoms with Gasteiger partial charge in [-0.3, -0.25) is 0 Å². The first-order valence-electron chi connectivity index (χ1n) is 1.71. The first kappa shape index (κ1) is 5.96. The first-order valence-corrected chi connectivity index (χ1v) is 1.71. The van der Waals surface area contributed by atoms with Gasteiger partial charge < -0.3 is 4.84 Å². The predicted molar refractivity (Wildman–Crippen MR) is 25.4 cm³/mol. The highest BCUT2D eigenvalue weighted by molar-refractivity contribution is 5.60. The highest BCUT2D eigenvalue weighted by Gasteiger charge is 1.69. The van der Waals surface area contributed by atoms with Crippen molar-refractivity contribution in [2.24, 2.45) is 5.16 Å². The first-order chi connectivity index (χ1) is 3.41. The van der Waals surface area contributed by atoms with Crippen molar-refractivity contribution >= 4 is 6.21 Å². The van der Waals surface area contributed by atoms with Crippen molar-refractivity contribution in [1.29, 1.82) is 5.26 Å². The lowest BCUT2D eigenvalue weighted by molar-refractivity contribution is 0.180. The third kappa shape index (κ3) is 4.96.